The van der Waals surface area contributed by atoms with E-state index in [1.165, 1.54) is 0 Å². The predicted molar refractivity (Wildman–Crippen MR) is 93.8 cm³/mol. The van der Waals surface area contributed by atoms with Crippen LogP contribution < -0.4 is 11.1 Å². The molecule has 0 spiro atoms. The Kier molecular flexibility index (Phi) is 4.77. The molecule has 0 fully saturated rings. The van der Waals surface area contributed by atoms with E-state index in [0.717, 1.165) is 28.6 Å². The second-order valence-electron chi connectivity index (χ2n) is 5.50. The first-order chi connectivity index (χ1) is 11.7. The van der Waals surface area contributed by atoms with Crippen LogP contribution in [0.3, 0.4) is 0 Å². The summed E-state index contributed by atoms with van der Waals surface area (Å²) in [5, 5.41) is 2.57. The normalized spacial score (nSPS) is 12.1. The summed E-state index contributed by atoms with van der Waals surface area (Å²) >= 11 is 0. The number of carbonyl (C=O) groups excluding carboxylic acids is 1. The quantitative estimate of drug-likeness (QED) is 0.671. The van der Waals surface area contributed by atoms with Gasteiger partial charge in [0.2, 0.25) is 5.95 Å². The Morgan fingerprint density at radius 3 is 2.83 bits per heavy atom. The Hall–Kier alpha value is -2.86. The highest BCUT2D eigenvalue weighted by Gasteiger charge is 2.10. The summed E-state index contributed by atoms with van der Waals surface area (Å²) in [6.07, 6.45) is 0.197. The van der Waals surface area contributed by atoms with Gasteiger partial charge in [0, 0.05) is 6.04 Å². The molecule has 2 aromatic carbocycles. The van der Waals surface area contributed by atoms with Crippen LogP contribution in [0.15, 0.2) is 48.5 Å². The Labute approximate surface area is 140 Å². The van der Waals surface area contributed by atoms with E-state index >= 15 is 0 Å². The molecule has 1 unspecified atom stereocenters. The number of nitrogens with one attached hydrogen (secondary N) is 2. The van der Waals surface area contributed by atoms with Crippen molar-refractivity contribution in [2.45, 2.75) is 19.4 Å². The fourth-order valence-electron chi connectivity index (χ4n) is 2.58. The molecule has 1 heterocycles. The van der Waals surface area contributed by atoms with Crippen LogP contribution in [0.25, 0.3) is 11.0 Å². The molecule has 1 aromatic heterocycles. The third-order valence-electron chi connectivity index (χ3n) is 3.73. The number of nitrogens with two attached hydrogens (primary N) is 1. The number of hydrogen-bond donors (Lipinski definition) is 3. The maximum absolute atomic E-state index is 11.4. The number of carbonyl (C=O) groups is 1. The fourth-order valence-corrected chi connectivity index (χ4v) is 2.58. The topological polar surface area (TPSA) is 93.0 Å². The van der Waals surface area contributed by atoms with E-state index in [1.54, 1.807) is 6.92 Å². The summed E-state index contributed by atoms with van der Waals surface area (Å²) in [4.78, 5) is 18.8. The zero-order chi connectivity index (χ0) is 16.9. The first-order valence-electron chi connectivity index (χ1n) is 7.88. The lowest BCUT2D eigenvalue weighted by molar-refractivity contribution is 0.167. The molecule has 0 radical (unpaired) electrons. The van der Waals surface area contributed by atoms with Crippen molar-refractivity contribution in [3.63, 3.8) is 0 Å². The number of imidazole rings is 1. The van der Waals surface area contributed by atoms with E-state index in [2.05, 4.69) is 15.3 Å². The molecule has 3 aromatic rings. The molecule has 24 heavy (non-hydrogen) atoms. The van der Waals surface area contributed by atoms with Gasteiger partial charge in [0.25, 0.3) is 0 Å². The van der Waals surface area contributed by atoms with Gasteiger partial charge in [0.15, 0.2) is 0 Å². The molecule has 0 bridgehead atoms. The molecule has 1 atom stereocenters. The van der Waals surface area contributed by atoms with Crippen molar-refractivity contribution >= 4 is 23.1 Å². The number of amides is 1. The Morgan fingerprint density at radius 2 is 2.08 bits per heavy atom. The lowest BCUT2D eigenvalue weighted by Gasteiger charge is -2.11. The van der Waals surface area contributed by atoms with Gasteiger partial charge in [-0.15, -0.1) is 0 Å². The first kappa shape index (κ1) is 16.0. The van der Waals surface area contributed by atoms with Gasteiger partial charge in [-0.3, -0.25) is 5.32 Å². The van der Waals surface area contributed by atoms with Crippen LogP contribution in [0.2, 0.25) is 0 Å². The highest BCUT2D eigenvalue weighted by Crippen LogP contribution is 2.20. The van der Waals surface area contributed by atoms with Crippen molar-refractivity contribution in [1.29, 1.82) is 0 Å². The van der Waals surface area contributed by atoms with E-state index < -0.39 is 6.09 Å². The number of benzene rings is 2. The summed E-state index contributed by atoms with van der Waals surface area (Å²) in [6.45, 7) is 2.06. The fraction of sp³-hybridized carbons (Fsp3) is 0.222. The predicted octanol–water partition coefficient (Wildman–Crippen LogP) is 3.37. The highest BCUT2D eigenvalue weighted by molar-refractivity contribution is 5.86. The smallest absolute Gasteiger partial charge is 0.413 e. The minimum absolute atomic E-state index is 0.0660. The zero-order valence-corrected chi connectivity index (χ0v) is 13.5. The van der Waals surface area contributed by atoms with E-state index in [1.807, 2.05) is 48.5 Å². The maximum Gasteiger partial charge on any atom is 0.413 e. The van der Waals surface area contributed by atoms with Crippen LogP contribution >= 0.6 is 0 Å². The van der Waals surface area contributed by atoms with Gasteiger partial charge in [-0.2, -0.15) is 0 Å². The van der Waals surface area contributed by atoms with Crippen molar-refractivity contribution in [3.05, 3.63) is 59.7 Å². The van der Waals surface area contributed by atoms with Crippen LogP contribution in [0, 0.1) is 0 Å². The Bertz CT molecular complexity index is 829. The van der Waals surface area contributed by atoms with Crippen molar-refractivity contribution < 1.29 is 9.53 Å². The third-order valence-corrected chi connectivity index (χ3v) is 3.73. The molecule has 4 N–H and O–H groups in total. The molecular formula is C18H20N4O2. The maximum atomic E-state index is 11.4. The average molecular weight is 324 g/mol. The zero-order valence-electron chi connectivity index (χ0n) is 13.5. The van der Waals surface area contributed by atoms with Crippen LogP contribution in [0.4, 0.5) is 10.7 Å². The number of anilines is 1. The molecule has 0 aliphatic rings. The molecule has 0 saturated heterocycles. The highest BCUT2D eigenvalue weighted by atomic mass is 16.5. The van der Waals surface area contributed by atoms with E-state index in [4.69, 9.17) is 10.5 Å². The van der Waals surface area contributed by atoms with Gasteiger partial charge in [-0.25, -0.2) is 9.78 Å². The number of rotatable bonds is 5. The largest absolute Gasteiger partial charge is 0.450 e. The van der Waals surface area contributed by atoms with Crippen LogP contribution in [0.5, 0.6) is 0 Å². The van der Waals surface area contributed by atoms with E-state index in [0.29, 0.717) is 12.6 Å². The van der Waals surface area contributed by atoms with Gasteiger partial charge >= 0.3 is 6.09 Å². The standard InChI is InChI=1S/C18H20N4O2/c1-2-24-18(23)22-17-20-15-9-8-12(11-16(15)21-17)10-14(19)13-6-4-3-5-7-13/h3-9,11,14H,2,10,19H2,1H3,(H2,20,21,22,23). The van der Waals surface area contributed by atoms with Gasteiger partial charge in [-0.05, 0) is 36.6 Å². The van der Waals surface area contributed by atoms with Gasteiger partial charge in [0.05, 0.1) is 17.6 Å². The number of fused-ring (bicyclic) bond motifs is 1. The summed E-state index contributed by atoms with van der Waals surface area (Å²) in [6, 6.07) is 15.9. The third kappa shape index (κ3) is 3.72. The number of hydrogen-bond acceptors (Lipinski definition) is 4. The second-order valence-corrected chi connectivity index (χ2v) is 5.50. The van der Waals surface area contributed by atoms with E-state index in [9.17, 15) is 4.79 Å². The molecule has 3 rings (SSSR count). The number of ether oxygens (including phenoxy) is 1. The minimum atomic E-state index is -0.525. The molecular weight excluding hydrogens is 304 g/mol. The molecule has 0 saturated carbocycles. The van der Waals surface area contributed by atoms with Crippen molar-refractivity contribution in [1.82, 2.24) is 9.97 Å². The molecule has 0 aliphatic heterocycles. The number of H-pyrrole nitrogens is 1. The lowest BCUT2D eigenvalue weighted by atomic mass is 9.99. The number of aromatic nitrogens is 2. The Morgan fingerprint density at radius 1 is 1.29 bits per heavy atom. The van der Waals surface area contributed by atoms with E-state index in [-0.39, 0.29) is 6.04 Å². The molecule has 1 amide bonds. The lowest BCUT2D eigenvalue weighted by Crippen LogP contribution is -2.14. The Balaban J connectivity index is 1.75. The van der Waals surface area contributed by atoms with Gasteiger partial charge in [-0.1, -0.05) is 36.4 Å². The number of nitrogens with zero attached hydrogens (tertiary/aromatic N) is 1. The van der Waals surface area contributed by atoms with Crippen LogP contribution in [-0.2, 0) is 11.2 Å². The van der Waals surface area contributed by atoms with Crippen LogP contribution in [0.1, 0.15) is 24.1 Å². The van der Waals surface area contributed by atoms with Crippen molar-refractivity contribution in [2.24, 2.45) is 5.73 Å². The number of aromatic amines is 1. The van der Waals surface area contributed by atoms with Crippen LogP contribution in [-0.4, -0.2) is 22.7 Å². The summed E-state index contributed by atoms with van der Waals surface area (Å²) in [7, 11) is 0. The summed E-state index contributed by atoms with van der Waals surface area (Å²) in [5.41, 5.74) is 10.1. The SMILES string of the molecule is CCOC(=O)Nc1nc2ccc(CC(N)c3ccccc3)cc2[nH]1. The average Bonchev–Trinajstić information content (AvgIpc) is 2.97. The monoisotopic (exact) mass is 324 g/mol. The van der Waals surface area contributed by atoms with Gasteiger partial charge < -0.3 is 15.5 Å². The first-order valence-corrected chi connectivity index (χ1v) is 7.88. The molecule has 0 aliphatic carbocycles. The molecule has 124 valence electrons. The summed E-state index contributed by atoms with van der Waals surface area (Å²) in [5.74, 6) is 0.368. The second kappa shape index (κ2) is 7.14. The molecule has 6 nitrogen and oxygen atoms in total. The van der Waals surface area contributed by atoms with Crippen molar-refractivity contribution in [2.75, 3.05) is 11.9 Å². The van der Waals surface area contributed by atoms with Gasteiger partial charge in [0.1, 0.15) is 0 Å². The van der Waals surface area contributed by atoms with Crippen molar-refractivity contribution in [3.8, 4) is 0 Å². The minimum Gasteiger partial charge on any atom is -0.450 e. The molecule has 6 heteroatoms. The summed E-state index contributed by atoms with van der Waals surface area (Å²) < 4.78 is 4.84.